The van der Waals surface area contributed by atoms with E-state index in [1.165, 1.54) is 77.0 Å². The van der Waals surface area contributed by atoms with Crippen LogP contribution in [0.3, 0.4) is 0 Å². The first-order valence-corrected chi connectivity index (χ1v) is 11.3. The third-order valence-electron chi connectivity index (χ3n) is 5.13. The standard InChI is InChI=1S/C24H38F2O2/c1-2-3-4-5-6-7-8-9-10-11-12-13-14-15-16-19-28-24(27)22-18-17-21(25)20-23(22)26/h17-18,20H,2-16,19H2,1H3. The molecule has 0 spiro atoms. The van der Waals surface area contributed by atoms with Crippen molar-refractivity contribution < 1.29 is 18.3 Å². The molecular formula is C24H38F2O2. The second kappa shape index (κ2) is 16.5. The molecular weight excluding hydrogens is 358 g/mol. The van der Waals surface area contributed by atoms with Gasteiger partial charge in [0.05, 0.1) is 12.2 Å². The molecule has 0 saturated carbocycles. The van der Waals surface area contributed by atoms with Crippen molar-refractivity contribution in [3.63, 3.8) is 0 Å². The largest absolute Gasteiger partial charge is 0.462 e. The molecule has 0 radical (unpaired) electrons. The topological polar surface area (TPSA) is 26.3 Å². The van der Waals surface area contributed by atoms with Crippen LogP contribution in [0.1, 0.15) is 114 Å². The molecule has 0 heterocycles. The molecule has 4 heteroatoms. The molecule has 1 aromatic rings. The molecule has 0 N–H and O–H groups in total. The highest BCUT2D eigenvalue weighted by atomic mass is 19.1. The molecule has 0 aliphatic heterocycles. The van der Waals surface area contributed by atoms with Gasteiger partial charge in [0.2, 0.25) is 0 Å². The summed E-state index contributed by atoms with van der Waals surface area (Å²) in [7, 11) is 0. The van der Waals surface area contributed by atoms with Crippen molar-refractivity contribution in [3.05, 3.63) is 35.4 Å². The van der Waals surface area contributed by atoms with Gasteiger partial charge in [-0.3, -0.25) is 0 Å². The summed E-state index contributed by atoms with van der Waals surface area (Å²) < 4.78 is 31.4. The molecule has 28 heavy (non-hydrogen) atoms. The van der Waals surface area contributed by atoms with E-state index in [2.05, 4.69) is 6.92 Å². The first kappa shape index (κ1) is 24.6. The lowest BCUT2D eigenvalue weighted by molar-refractivity contribution is 0.0492. The van der Waals surface area contributed by atoms with Crippen LogP contribution < -0.4 is 0 Å². The lowest BCUT2D eigenvalue weighted by Gasteiger charge is -2.06. The zero-order valence-corrected chi connectivity index (χ0v) is 17.6. The number of benzene rings is 1. The van der Waals surface area contributed by atoms with Crippen LogP contribution in [0.25, 0.3) is 0 Å². The summed E-state index contributed by atoms with van der Waals surface area (Å²) in [6.45, 7) is 2.54. The van der Waals surface area contributed by atoms with E-state index in [9.17, 15) is 13.6 Å². The Balaban J connectivity index is 1.86. The van der Waals surface area contributed by atoms with Gasteiger partial charge in [-0.15, -0.1) is 0 Å². The molecule has 0 bridgehead atoms. The SMILES string of the molecule is CCCCCCCCCCCCCCCCCOC(=O)c1ccc(F)cc1F. The van der Waals surface area contributed by atoms with Gasteiger partial charge in [0.1, 0.15) is 11.6 Å². The van der Waals surface area contributed by atoms with E-state index < -0.39 is 17.6 Å². The van der Waals surface area contributed by atoms with Gasteiger partial charge in [0, 0.05) is 6.07 Å². The Labute approximate surface area is 170 Å². The van der Waals surface area contributed by atoms with E-state index in [4.69, 9.17) is 4.74 Å². The lowest BCUT2D eigenvalue weighted by Crippen LogP contribution is -2.08. The maximum Gasteiger partial charge on any atom is 0.341 e. The van der Waals surface area contributed by atoms with Crippen LogP contribution in [-0.2, 0) is 4.74 Å². The Bertz CT molecular complexity index is 531. The maximum atomic E-state index is 13.5. The number of unbranched alkanes of at least 4 members (excludes halogenated alkanes) is 14. The van der Waals surface area contributed by atoms with Gasteiger partial charge in [-0.25, -0.2) is 13.6 Å². The number of ether oxygens (including phenoxy) is 1. The monoisotopic (exact) mass is 396 g/mol. The molecule has 1 aromatic carbocycles. The molecule has 0 fully saturated rings. The zero-order valence-electron chi connectivity index (χ0n) is 17.6. The Morgan fingerprint density at radius 1 is 0.750 bits per heavy atom. The number of esters is 1. The number of hydrogen-bond acceptors (Lipinski definition) is 2. The Morgan fingerprint density at radius 2 is 1.21 bits per heavy atom. The normalized spacial score (nSPS) is 11.0. The zero-order chi connectivity index (χ0) is 20.5. The van der Waals surface area contributed by atoms with Crippen LogP contribution in [-0.4, -0.2) is 12.6 Å². The highest BCUT2D eigenvalue weighted by Crippen LogP contribution is 2.14. The molecule has 0 aliphatic carbocycles. The third-order valence-corrected chi connectivity index (χ3v) is 5.13. The molecule has 0 saturated heterocycles. The minimum Gasteiger partial charge on any atom is -0.462 e. The van der Waals surface area contributed by atoms with Crippen LogP contribution in [0.5, 0.6) is 0 Å². The maximum absolute atomic E-state index is 13.5. The fourth-order valence-corrected chi connectivity index (χ4v) is 3.37. The average Bonchev–Trinajstić information content (AvgIpc) is 2.67. The average molecular weight is 397 g/mol. The molecule has 0 amide bonds. The minimum atomic E-state index is -0.874. The molecule has 0 atom stereocenters. The fourth-order valence-electron chi connectivity index (χ4n) is 3.37. The number of hydrogen-bond donors (Lipinski definition) is 0. The van der Waals surface area contributed by atoms with Crippen molar-refractivity contribution >= 4 is 5.97 Å². The molecule has 1 rings (SSSR count). The van der Waals surface area contributed by atoms with E-state index in [0.29, 0.717) is 6.07 Å². The smallest absolute Gasteiger partial charge is 0.341 e. The number of carbonyl (C=O) groups is 1. The van der Waals surface area contributed by atoms with E-state index in [1.54, 1.807) is 0 Å². The lowest BCUT2D eigenvalue weighted by atomic mass is 10.0. The quantitative estimate of drug-likeness (QED) is 0.197. The van der Waals surface area contributed by atoms with E-state index in [-0.39, 0.29) is 12.2 Å². The van der Waals surface area contributed by atoms with Crippen molar-refractivity contribution in [2.24, 2.45) is 0 Å². The summed E-state index contributed by atoms with van der Waals surface area (Å²) in [6.07, 6.45) is 19.1. The van der Waals surface area contributed by atoms with Crippen LogP contribution in [0.4, 0.5) is 8.78 Å². The van der Waals surface area contributed by atoms with Gasteiger partial charge < -0.3 is 4.74 Å². The molecule has 160 valence electrons. The predicted octanol–water partition coefficient (Wildman–Crippen LogP) is 7.99. The van der Waals surface area contributed by atoms with Crippen molar-refractivity contribution in [3.8, 4) is 0 Å². The van der Waals surface area contributed by atoms with Crippen molar-refractivity contribution in [2.75, 3.05) is 6.61 Å². The minimum absolute atomic E-state index is 0.206. The Kier molecular flexibility index (Phi) is 14.5. The van der Waals surface area contributed by atoms with Crippen LogP contribution in [0, 0.1) is 11.6 Å². The van der Waals surface area contributed by atoms with E-state index in [0.717, 1.165) is 31.4 Å². The summed E-state index contributed by atoms with van der Waals surface area (Å²) in [5, 5.41) is 0. The first-order chi connectivity index (χ1) is 13.6. The third kappa shape index (κ3) is 12.1. The number of carbonyl (C=O) groups excluding carboxylic acids is 1. The summed E-state index contributed by atoms with van der Waals surface area (Å²) in [6, 6.07) is 2.89. The Morgan fingerprint density at radius 3 is 1.68 bits per heavy atom. The van der Waals surface area contributed by atoms with Gasteiger partial charge in [0.15, 0.2) is 0 Å². The number of halogens is 2. The summed E-state index contributed by atoms with van der Waals surface area (Å²) in [5.41, 5.74) is -0.206. The second-order valence-corrected chi connectivity index (χ2v) is 7.71. The van der Waals surface area contributed by atoms with Crippen LogP contribution in [0.2, 0.25) is 0 Å². The van der Waals surface area contributed by atoms with Gasteiger partial charge in [-0.2, -0.15) is 0 Å². The highest BCUT2D eigenvalue weighted by Gasteiger charge is 2.13. The molecule has 0 unspecified atom stereocenters. The highest BCUT2D eigenvalue weighted by molar-refractivity contribution is 5.89. The summed E-state index contributed by atoms with van der Waals surface area (Å²) in [4.78, 5) is 11.7. The molecule has 2 nitrogen and oxygen atoms in total. The Hall–Kier alpha value is -1.45. The van der Waals surface area contributed by atoms with Crippen LogP contribution in [0.15, 0.2) is 18.2 Å². The summed E-state index contributed by atoms with van der Waals surface area (Å²) >= 11 is 0. The predicted molar refractivity (Wildman–Crippen MR) is 112 cm³/mol. The van der Waals surface area contributed by atoms with Gasteiger partial charge in [-0.05, 0) is 18.6 Å². The van der Waals surface area contributed by atoms with Gasteiger partial charge >= 0.3 is 5.97 Å². The van der Waals surface area contributed by atoms with Crippen molar-refractivity contribution in [1.82, 2.24) is 0 Å². The van der Waals surface area contributed by atoms with Gasteiger partial charge in [-0.1, -0.05) is 96.8 Å². The first-order valence-electron chi connectivity index (χ1n) is 11.3. The van der Waals surface area contributed by atoms with Crippen molar-refractivity contribution in [2.45, 2.75) is 103 Å². The van der Waals surface area contributed by atoms with Crippen molar-refractivity contribution in [1.29, 1.82) is 0 Å². The number of rotatable bonds is 17. The molecule has 0 aliphatic rings. The molecule has 0 aromatic heterocycles. The second-order valence-electron chi connectivity index (χ2n) is 7.71. The fraction of sp³-hybridized carbons (Fsp3) is 0.708. The summed E-state index contributed by atoms with van der Waals surface area (Å²) in [5.74, 6) is -2.29. The van der Waals surface area contributed by atoms with E-state index >= 15 is 0 Å². The van der Waals surface area contributed by atoms with Gasteiger partial charge in [0.25, 0.3) is 0 Å². The van der Waals surface area contributed by atoms with Crippen LogP contribution >= 0.6 is 0 Å². The van der Waals surface area contributed by atoms with E-state index in [1.807, 2.05) is 0 Å².